The van der Waals surface area contributed by atoms with Gasteiger partial charge >= 0.3 is 11.9 Å². The second-order valence-electron chi connectivity index (χ2n) is 18.4. The smallest absolute Gasteiger partial charge is 0.337 e. The fourth-order valence-corrected chi connectivity index (χ4v) is 11.3. The van der Waals surface area contributed by atoms with Crippen molar-refractivity contribution in [3.63, 3.8) is 0 Å². The Morgan fingerprint density at radius 1 is 0.488 bits per heavy atom. The number of aromatic carboxylic acids is 2. The number of ether oxygens (including phenoxy) is 2. The van der Waals surface area contributed by atoms with Gasteiger partial charge in [0.05, 0.1) is 43.1 Å². The Labute approximate surface area is 468 Å². The van der Waals surface area contributed by atoms with Crippen LogP contribution >= 0.6 is 0 Å². The maximum Gasteiger partial charge on any atom is 0.337 e. The number of hydrogen-bond donors (Lipinski definition) is 8. The fourth-order valence-electron chi connectivity index (χ4n) is 9.08. The Balaban J connectivity index is 0.773. The van der Waals surface area contributed by atoms with Crippen LogP contribution < -0.4 is 41.0 Å². The standard InChI is InChI=1S/C58H50N8O14S2/c1-33-49(51(67)35-18-20-45(59)43(30-35)57(71)72)47-16-3-5-24-65(47)53(33)63-55(69)37-10-7-12-39(28-37)79-26-22-61-81(75,76)41-14-9-15-42(32-41)82(77,78)62-23-27-80-40-13-8-11-38(29-40)56(70)64-54-34(2)50(48-17-4-6-25-66(48)54)52(68)36-19-21-46(60)44(31-36)58(73)74/h3-21,24-25,28-32,61-62H,22-23,26-27,59-60H2,1-2H3,(H,63,69)(H,64,70)(H,71,72)(H,73,74). The molecule has 0 aliphatic heterocycles. The summed E-state index contributed by atoms with van der Waals surface area (Å²) in [5, 5.41) is 24.9. The number of aromatic nitrogens is 2. The number of pyridine rings is 2. The van der Waals surface area contributed by atoms with Gasteiger partial charge in [-0.3, -0.25) is 19.2 Å². The molecule has 0 saturated heterocycles. The molecule has 10 N–H and O–H groups in total. The van der Waals surface area contributed by atoms with Crippen molar-refractivity contribution in [2.24, 2.45) is 0 Å². The number of carboxylic acid groups (broad SMARTS) is 2. The zero-order valence-corrected chi connectivity index (χ0v) is 45.1. The molecule has 22 nitrogen and oxygen atoms in total. The lowest BCUT2D eigenvalue weighted by Gasteiger charge is -2.12. The van der Waals surface area contributed by atoms with Gasteiger partial charge in [0.1, 0.15) is 36.3 Å². The van der Waals surface area contributed by atoms with E-state index in [0.29, 0.717) is 22.2 Å². The lowest BCUT2D eigenvalue weighted by atomic mass is 9.98. The molecule has 0 fully saturated rings. The highest BCUT2D eigenvalue weighted by Gasteiger charge is 2.27. The van der Waals surface area contributed by atoms with Crippen LogP contribution in [-0.4, -0.2) is 97.5 Å². The van der Waals surface area contributed by atoms with Crippen molar-refractivity contribution >= 4 is 89.4 Å². The van der Waals surface area contributed by atoms with Gasteiger partial charge in [-0.2, -0.15) is 0 Å². The first-order chi connectivity index (χ1) is 39.1. The number of benzene rings is 5. The van der Waals surface area contributed by atoms with Crippen LogP contribution in [0.5, 0.6) is 11.5 Å². The molecule has 418 valence electrons. The number of nitrogens with zero attached hydrogens (tertiary/aromatic N) is 2. The van der Waals surface area contributed by atoms with Crippen molar-refractivity contribution < 1.29 is 65.3 Å². The maximum absolute atomic E-state index is 13.8. The number of carbonyl (C=O) groups is 6. The number of hydrogen-bond acceptors (Lipinski definition) is 14. The molecular formula is C58H50N8O14S2. The Kier molecular flexibility index (Phi) is 16.1. The van der Waals surface area contributed by atoms with Gasteiger partial charge in [0.2, 0.25) is 20.0 Å². The molecule has 4 aromatic heterocycles. The number of carbonyl (C=O) groups excluding carboxylic acids is 4. The number of amides is 2. The second kappa shape index (κ2) is 23.3. The third kappa shape index (κ3) is 11.8. The van der Waals surface area contributed by atoms with Crippen molar-refractivity contribution in [1.82, 2.24) is 18.2 Å². The van der Waals surface area contributed by atoms with Crippen LogP contribution in [0.25, 0.3) is 11.0 Å². The maximum atomic E-state index is 13.8. The summed E-state index contributed by atoms with van der Waals surface area (Å²) in [5.41, 5.74) is 13.9. The number of anilines is 4. The van der Waals surface area contributed by atoms with E-state index in [-0.39, 0.29) is 115 Å². The quantitative estimate of drug-likeness (QED) is 0.0191. The zero-order valence-electron chi connectivity index (χ0n) is 43.5. The van der Waals surface area contributed by atoms with Gasteiger partial charge < -0.3 is 50.6 Å². The largest absolute Gasteiger partial charge is 0.492 e. The van der Waals surface area contributed by atoms with Gasteiger partial charge in [-0.15, -0.1) is 0 Å². The van der Waals surface area contributed by atoms with E-state index < -0.39 is 55.4 Å². The first kappa shape index (κ1) is 56.6. The number of carboxylic acids is 2. The number of nitrogens with two attached hydrogens (primary N) is 2. The minimum absolute atomic E-state index is 0.00183. The van der Waals surface area contributed by atoms with E-state index >= 15 is 0 Å². The molecular weight excluding hydrogens is 1100 g/mol. The molecule has 0 radical (unpaired) electrons. The summed E-state index contributed by atoms with van der Waals surface area (Å²) in [6.45, 7) is 2.40. The molecule has 4 heterocycles. The van der Waals surface area contributed by atoms with Crippen LogP contribution in [0.1, 0.15) is 84.4 Å². The van der Waals surface area contributed by atoms with E-state index in [9.17, 15) is 55.8 Å². The van der Waals surface area contributed by atoms with E-state index in [4.69, 9.17) is 20.9 Å². The van der Waals surface area contributed by atoms with Crippen LogP contribution in [0.15, 0.2) is 168 Å². The summed E-state index contributed by atoms with van der Waals surface area (Å²) >= 11 is 0. The van der Waals surface area contributed by atoms with Gasteiger partial charge in [-0.05, 0) is 129 Å². The van der Waals surface area contributed by atoms with Gasteiger partial charge in [-0.1, -0.05) is 30.3 Å². The topological polar surface area (TPSA) is 339 Å². The van der Waals surface area contributed by atoms with E-state index in [0.717, 1.165) is 6.07 Å². The van der Waals surface area contributed by atoms with Gasteiger partial charge in [0.15, 0.2) is 11.6 Å². The molecule has 0 atom stereocenters. The molecule has 0 spiro atoms. The molecule has 0 aliphatic rings. The number of rotatable bonds is 22. The van der Waals surface area contributed by atoms with E-state index in [1.807, 2.05) is 0 Å². The van der Waals surface area contributed by atoms with E-state index in [1.165, 1.54) is 78.9 Å². The lowest BCUT2D eigenvalue weighted by molar-refractivity contribution is 0.0687. The van der Waals surface area contributed by atoms with Crippen molar-refractivity contribution in [3.05, 3.63) is 214 Å². The molecule has 0 saturated carbocycles. The molecule has 24 heteroatoms. The first-order valence-electron chi connectivity index (χ1n) is 24.9. The molecule has 9 aromatic rings. The van der Waals surface area contributed by atoms with Crippen molar-refractivity contribution in [3.8, 4) is 11.5 Å². The Bertz CT molecular complexity index is 4060. The SMILES string of the molecule is Cc1c(C(=O)c2ccc(N)c(C(=O)O)c2)c2ccccn2c1NC(=O)c1cccc(OCCNS(=O)(=O)c2cccc(S(=O)(=O)NCCOc3cccc(C(=O)Nc4c(C)c(C(=O)c5ccc(N)c(C(=O)O)c5)c5ccccn45)c3)c2)c1. The average Bonchev–Trinajstić information content (AvgIpc) is 3.33. The van der Waals surface area contributed by atoms with Crippen molar-refractivity contribution in [2.45, 2.75) is 23.6 Å². The van der Waals surface area contributed by atoms with Crippen LogP contribution in [-0.2, 0) is 20.0 Å². The summed E-state index contributed by atoms with van der Waals surface area (Å²) in [5.74, 6) is -3.66. The molecule has 82 heavy (non-hydrogen) atoms. The average molecular weight is 1150 g/mol. The third-order valence-electron chi connectivity index (χ3n) is 13.1. The van der Waals surface area contributed by atoms with Gasteiger partial charge in [0.25, 0.3) is 11.8 Å². The highest BCUT2D eigenvalue weighted by atomic mass is 32.2. The Morgan fingerprint density at radius 3 is 1.29 bits per heavy atom. The van der Waals surface area contributed by atoms with E-state index in [1.54, 1.807) is 95.7 Å². The zero-order chi connectivity index (χ0) is 58.6. The summed E-state index contributed by atoms with van der Waals surface area (Å²) in [7, 11) is -8.54. The fraction of sp³-hybridized carbons (Fsp3) is 0.103. The Morgan fingerprint density at radius 2 is 0.890 bits per heavy atom. The second-order valence-corrected chi connectivity index (χ2v) is 21.9. The van der Waals surface area contributed by atoms with Gasteiger partial charge in [0, 0.05) is 70.2 Å². The van der Waals surface area contributed by atoms with Crippen LogP contribution in [0.4, 0.5) is 23.0 Å². The highest BCUT2D eigenvalue weighted by molar-refractivity contribution is 7.90. The number of fused-ring (bicyclic) bond motifs is 2. The minimum Gasteiger partial charge on any atom is -0.492 e. The first-order valence-corrected chi connectivity index (χ1v) is 27.8. The summed E-state index contributed by atoms with van der Waals surface area (Å²) in [6, 6.07) is 35.0. The molecule has 0 aliphatic carbocycles. The normalized spacial score (nSPS) is 11.5. The van der Waals surface area contributed by atoms with Crippen molar-refractivity contribution in [1.29, 1.82) is 0 Å². The molecule has 0 bridgehead atoms. The van der Waals surface area contributed by atoms with Crippen LogP contribution in [0.3, 0.4) is 0 Å². The minimum atomic E-state index is -4.27. The number of nitrogen functional groups attached to an aromatic ring is 2. The third-order valence-corrected chi connectivity index (χ3v) is 16.0. The summed E-state index contributed by atoms with van der Waals surface area (Å²) in [4.78, 5) is 77.8. The lowest BCUT2D eigenvalue weighted by Crippen LogP contribution is -2.30. The predicted octanol–water partition coefficient (Wildman–Crippen LogP) is 7.05. The summed E-state index contributed by atoms with van der Waals surface area (Å²) < 4.78 is 73.0. The predicted molar refractivity (Wildman–Crippen MR) is 303 cm³/mol. The molecule has 0 unspecified atom stereocenters. The number of sulfonamides is 2. The monoisotopic (exact) mass is 1150 g/mol. The number of ketones is 2. The molecule has 9 rings (SSSR count). The van der Waals surface area contributed by atoms with E-state index in [2.05, 4.69) is 20.1 Å². The highest BCUT2D eigenvalue weighted by Crippen LogP contribution is 2.33. The molecule has 2 amide bonds. The number of nitrogens with one attached hydrogen (secondary N) is 4. The van der Waals surface area contributed by atoms with Crippen molar-refractivity contribution in [2.75, 3.05) is 48.4 Å². The van der Waals surface area contributed by atoms with Crippen LogP contribution in [0, 0.1) is 13.8 Å². The molecule has 5 aromatic carbocycles. The Hall–Kier alpha value is -10.1. The van der Waals surface area contributed by atoms with Crippen LogP contribution in [0.2, 0.25) is 0 Å². The summed E-state index contributed by atoms with van der Waals surface area (Å²) in [6.07, 6.45) is 3.32. The van der Waals surface area contributed by atoms with Gasteiger partial charge in [-0.25, -0.2) is 35.9 Å².